The summed E-state index contributed by atoms with van der Waals surface area (Å²) in [6.45, 7) is 2.11. The van der Waals surface area contributed by atoms with Crippen molar-refractivity contribution in [2.75, 3.05) is 13.1 Å². The van der Waals surface area contributed by atoms with Crippen LogP contribution in [0.2, 0.25) is 0 Å². The second-order valence-corrected chi connectivity index (χ2v) is 4.71. The molecule has 0 atom stereocenters. The van der Waals surface area contributed by atoms with Crippen LogP contribution >= 0.6 is 12.4 Å². The minimum Gasteiger partial charge on any atom is -0.342 e. The Hall–Kier alpha value is -1.39. The Labute approximate surface area is 118 Å². The molecule has 0 bridgehead atoms. The second-order valence-electron chi connectivity index (χ2n) is 4.71. The molecule has 3 rings (SSSR count). The van der Waals surface area contributed by atoms with E-state index in [1.807, 2.05) is 6.20 Å². The van der Waals surface area contributed by atoms with Crippen molar-refractivity contribution in [3.05, 3.63) is 42.1 Å². The van der Waals surface area contributed by atoms with Crippen LogP contribution in [-0.2, 0) is 0 Å². The molecule has 0 radical (unpaired) electrons. The maximum absolute atomic E-state index is 12.9. The highest BCUT2D eigenvalue weighted by molar-refractivity contribution is 5.85. The van der Waals surface area contributed by atoms with Crippen molar-refractivity contribution in [2.24, 2.45) is 0 Å². The van der Waals surface area contributed by atoms with Crippen LogP contribution in [0.4, 0.5) is 4.39 Å². The minimum absolute atomic E-state index is 0. The third-order valence-corrected chi connectivity index (χ3v) is 3.48. The number of rotatable bonds is 2. The number of benzene rings is 1. The van der Waals surface area contributed by atoms with E-state index in [0.29, 0.717) is 5.92 Å². The summed E-state index contributed by atoms with van der Waals surface area (Å²) >= 11 is 0. The van der Waals surface area contributed by atoms with Gasteiger partial charge in [0.15, 0.2) is 0 Å². The zero-order valence-electron chi connectivity index (χ0n) is 10.5. The summed E-state index contributed by atoms with van der Waals surface area (Å²) in [5, 5.41) is 3.35. The third kappa shape index (κ3) is 3.14. The van der Waals surface area contributed by atoms with Crippen molar-refractivity contribution >= 4 is 12.4 Å². The molecule has 1 aromatic carbocycles. The van der Waals surface area contributed by atoms with Crippen molar-refractivity contribution < 1.29 is 4.39 Å². The molecule has 0 amide bonds. The molecule has 0 spiro atoms. The maximum Gasteiger partial charge on any atom is 0.123 e. The first-order valence-electron chi connectivity index (χ1n) is 6.34. The van der Waals surface area contributed by atoms with Gasteiger partial charge in [-0.05, 0) is 55.8 Å². The fourth-order valence-electron chi connectivity index (χ4n) is 2.42. The molecule has 19 heavy (non-hydrogen) atoms. The van der Waals surface area contributed by atoms with Crippen LogP contribution in [0.1, 0.15) is 24.6 Å². The summed E-state index contributed by atoms with van der Waals surface area (Å²) in [5.74, 6) is 1.35. The molecule has 2 heterocycles. The summed E-state index contributed by atoms with van der Waals surface area (Å²) in [7, 11) is 0. The highest BCUT2D eigenvalue weighted by Gasteiger charge is 2.18. The van der Waals surface area contributed by atoms with Crippen LogP contribution in [0.5, 0.6) is 0 Å². The van der Waals surface area contributed by atoms with Crippen LogP contribution in [0, 0.1) is 5.82 Å². The molecule has 1 aliphatic rings. The van der Waals surface area contributed by atoms with Gasteiger partial charge in [-0.2, -0.15) is 0 Å². The predicted octanol–water partition coefficient (Wildman–Crippen LogP) is 3.10. The van der Waals surface area contributed by atoms with Gasteiger partial charge in [-0.1, -0.05) is 0 Å². The molecule has 1 aromatic heterocycles. The summed E-state index contributed by atoms with van der Waals surface area (Å²) in [4.78, 5) is 7.82. The first-order valence-corrected chi connectivity index (χ1v) is 6.34. The van der Waals surface area contributed by atoms with Gasteiger partial charge in [0.25, 0.3) is 0 Å². The SMILES string of the molecule is Cl.Fc1ccc(-c2cnc(C3CCNCC3)[nH]2)cc1. The van der Waals surface area contributed by atoms with E-state index >= 15 is 0 Å². The number of nitrogens with one attached hydrogen (secondary N) is 2. The zero-order valence-corrected chi connectivity index (χ0v) is 11.3. The third-order valence-electron chi connectivity index (χ3n) is 3.48. The maximum atomic E-state index is 12.9. The molecule has 102 valence electrons. The highest BCUT2D eigenvalue weighted by atomic mass is 35.5. The standard InChI is InChI=1S/C14H16FN3.ClH/c15-12-3-1-10(2-4-12)13-9-17-14(18-13)11-5-7-16-8-6-11;/h1-4,9,11,16H,5-8H2,(H,17,18);1H. The Kier molecular flexibility index (Phi) is 4.56. The van der Waals surface area contributed by atoms with E-state index in [9.17, 15) is 4.39 Å². The van der Waals surface area contributed by atoms with E-state index in [-0.39, 0.29) is 18.2 Å². The highest BCUT2D eigenvalue weighted by Crippen LogP contribution is 2.25. The lowest BCUT2D eigenvalue weighted by molar-refractivity contribution is 0.447. The number of halogens is 2. The number of piperidine rings is 1. The van der Waals surface area contributed by atoms with Gasteiger partial charge in [-0.3, -0.25) is 0 Å². The minimum atomic E-state index is -0.211. The Morgan fingerprint density at radius 1 is 1.11 bits per heavy atom. The normalized spacial score (nSPS) is 16.1. The van der Waals surface area contributed by atoms with Gasteiger partial charge in [0.05, 0.1) is 11.9 Å². The van der Waals surface area contributed by atoms with Crippen molar-refractivity contribution in [1.82, 2.24) is 15.3 Å². The number of aromatic nitrogens is 2. The molecule has 2 N–H and O–H groups in total. The number of H-pyrrole nitrogens is 1. The lowest BCUT2D eigenvalue weighted by atomic mass is 9.98. The van der Waals surface area contributed by atoms with Crippen LogP contribution in [-0.4, -0.2) is 23.1 Å². The first kappa shape index (κ1) is 14.0. The van der Waals surface area contributed by atoms with Gasteiger partial charge in [0, 0.05) is 5.92 Å². The topological polar surface area (TPSA) is 40.7 Å². The molecule has 1 aliphatic heterocycles. The van der Waals surface area contributed by atoms with E-state index in [2.05, 4.69) is 15.3 Å². The Morgan fingerprint density at radius 2 is 1.79 bits per heavy atom. The largest absolute Gasteiger partial charge is 0.342 e. The summed E-state index contributed by atoms with van der Waals surface area (Å²) in [6, 6.07) is 6.49. The first-order chi connectivity index (χ1) is 8.83. The number of nitrogens with zero attached hydrogens (tertiary/aromatic N) is 1. The van der Waals surface area contributed by atoms with Crippen LogP contribution in [0.3, 0.4) is 0 Å². The Bertz CT molecular complexity index is 518. The predicted molar refractivity (Wildman–Crippen MR) is 76.1 cm³/mol. The molecule has 0 unspecified atom stereocenters. The van der Waals surface area contributed by atoms with E-state index in [4.69, 9.17) is 0 Å². The van der Waals surface area contributed by atoms with Crippen molar-refractivity contribution in [3.63, 3.8) is 0 Å². The molecule has 1 saturated heterocycles. The summed E-state index contributed by atoms with van der Waals surface area (Å²) in [6.07, 6.45) is 4.08. The average Bonchev–Trinajstić information content (AvgIpc) is 2.90. The molecule has 3 nitrogen and oxygen atoms in total. The van der Waals surface area contributed by atoms with E-state index < -0.39 is 0 Å². The fraction of sp³-hybridized carbons (Fsp3) is 0.357. The van der Waals surface area contributed by atoms with E-state index in [1.165, 1.54) is 12.1 Å². The quantitative estimate of drug-likeness (QED) is 0.888. The van der Waals surface area contributed by atoms with Gasteiger partial charge < -0.3 is 10.3 Å². The van der Waals surface area contributed by atoms with Gasteiger partial charge in [0.2, 0.25) is 0 Å². The monoisotopic (exact) mass is 281 g/mol. The molecular formula is C14H17ClFN3. The van der Waals surface area contributed by atoms with Crippen LogP contribution in [0.15, 0.2) is 30.5 Å². The van der Waals surface area contributed by atoms with E-state index in [1.54, 1.807) is 12.1 Å². The number of hydrogen-bond donors (Lipinski definition) is 2. The average molecular weight is 282 g/mol. The summed E-state index contributed by atoms with van der Waals surface area (Å²) in [5.41, 5.74) is 1.94. The molecule has 2 aromatic rings. The smallest absolute Gasteiger partial charge is 0.123 e. The second kappa shape index (κ2) is 6.17. The lowest BCUT2D eigenvalue weighted by Gasteiger charge is -2.20. The molecule has 0 aliphatic carbocycles. The lowest BCUT2D eigenvalue weighted by Crippen LogP contribution is -2.27. The summed E-state index contributed by atoms with van der Waals surface area (Å²) < 4.78 is 12.9. The van der Waals surface area contributed by atoms with Gasteiger partial charge in [-0.25, -0.2) is 9.37 Å². The zero-order chi connectivity index (χ0) is 12.4. The fourth-order valence-corrected chi connectivity index (χ4v) is 2.42. The van der Waals surface area contributed by atoms with Crippen molar-refractivity contribution in [1.29, 1.82) is 0 Å². The Balaban J connectivity index is 0.00000133. The number of imidazole rings is 1. The van der Waals surface area contributed by atoms with Gasteiger partial charge in [0.1, 0.15) is 11.6 Å². The number of hydrogen-bond acceptors (Lipinski definition) is 2. The van der Waals surface area contributed by atoms with Crippen molar-refractivity contribution in [2.45, 2.75) is 18.8 Å². The van der Waals surface area contributed by atoms with Gasteiger partial charge >= 0.3 is 0 Å². The van der Waals surface area contributed by atoms with Crippen molar-refractivity contribution in [3.8, 4) is 11.3 Å². The molecule has 1 fully saturated rings. The molecule has 5 heteroatoms. The van der Waals surface area contributed by atoms with Gasteiger partial charge in [-0.15, -0.1) is 12.4 Å². The van der Waals surface area contributed by atoms with Crippen LogP contribution < -0.4 is 5.32 Å². The van der Waals surface area contributed by atoms with Crippen LogP contribution in [0.25, 0.3) is 11.3 Å². The molecule has 0 saturated carbocycles. The molecular weight excluding hydrogens is 265 g/mol. The Morgan fingerprint density at radius 3 is 2.47 bits per heavy atom. The van der Waals surface area contributed by atoms with E-state index in [0.717, 1.165) is 43.0 Å². The number of aromatic amines is 1.